The number of methoxy groups -OCH3 is 1. The van der Waals surface area contributed by atoms with Crippen LogP contribution in [0.2, 0.25) is 0 Å². The van der Waals surface area contributed by atoms with Gasteiger partial charge in [-0.05, 0) is 84.5 Å². The zero-order valence-corrected chi connectivity index (χ0v) is 22.7. The van der Waals surface area contributed by atoms with Crippen LogP contribution in [0, 0.1) is 13.8 Å². The van der Waals surface area contributed by atoms with Gasteiger partial charge in [-0.2, -0.15) is 0 Å². The SMILES string of the molecule is COc1ccc(C2NCCc3c2[nH]c2ccc(OCc4ccccc4)cc32)cc1COc1cccc(C)c1C. The van der Waals surface area contributed by atoms with E-state index >= 15 is 0 Å². The summed E-state index contributed by atoms with van der Waals surface area (Å²) in [5, 5.41) is 4.96. The molecule has 0 aliphatic carbocycles. The van der Waals surface area contributed by atoms with Crippen molar-refractivity contribution in [2.75, 3.05) is 13.7 Å². The Bertz CT molecular complexity index is 1610. The molecule has 0 saturated heterocycles. The average molecular weight is 519 g/mol. The van der Waals surface area contributed by atoms with Crippen molar-refractivity contribution < 1.29 is 14.2 Å². The highest BCUT2D eigenvalue weighted by atomic mass is 16.5. The van der Waals surface area contributed by atoms with Crippen LogP contribution in [0.5, 0.6) is 17.2 Å². The van der Waals surface area contributed by atoms with Crippen molar-refractivity contribution in [1.82, 2.24) is 10.3 Å². The van der Waals surface area contributed by atoms with Gasteiger partial charge in [0.15, 0.2) is 0 Å². The fourth-order valence-corrected chi connectivity index (χ4v) is 5.45. The number of nitrogens with one attached hydrogen (secondary N) is 2. The Kier molecular flexibility index (Phi) is 6.99. The molecule has 0 saturated carbocycles. The van der Waals surface area contributed by atoms with Crippen molar-refractivity contribution in [2.24, 2.45) is 0 Å². The molecule has 5 nitrogen and oxygen atoms in total. The Morgan fingerprint density at radius 3 is 2.54 bits per heavy atom. The van der Waals surface area contributed by atoms with E-state index < -0.39 is 0 Å². The van der Waals surface area contributed by atoms with E-state index in [1.165, 1.54) is 27.8 Å². The molecule has 1 aromatic heterocycles. The molecule has 4 aromatic carbocycles. The Balaban J connectivity index is 1.27. The summed E-state index contributed by atoms with van der Waals surface area (Å²) < 4.78 is 18.1. The molecule has 39 heavy (non-hydrogen) atoms. The largest absolute Gasteiger partial charge is 0.496 e. The van der Waals surface area contributed by atoms with Crippen LogP contribution >= 0.6 is 0 Å². The lowest BCUT2D eigenvalue weighted by Gasteiger charge is -2.26. The first-order chi connectivity index (χ1) is 19.1. The van der Waals surface area contributed by atoms with Crippen LogP contribution in [0.15, 0.2) is 84.9 Å². The molecular formula is C34H34N2O3. The zero-order chi connectivity index (χ0) is 26.8. The maximum absolute atomic E-state index is 6.25. The van der Waals surface area contributed by atoms with Crippen LogP contribution in [-0.4, -0.2) is 18.6 Å². The third-order valence-corrected chi connectivity index (χ3v) is 7.75. The van der Waals surface area contributed by atoms with Gasteiger partial charge in [-0.1, -0.05) is 48.5 Å². The molecule has 6 rings (SSSR count). The highest BCUT2D eigenvalue weighted by Crippen LogP contribution is 2.36. The number of hydrogen-bond acceptors (Lipinski definition) is 4. The number of benzene rings is 4. The van der Waals surface area contributed by atoms with E-state index in [4.69, 9.17) is 14.2 Å². The first-order valence-corrected chi connectivity index (χ1v) is 13.5. The van der Waals surface area contributed by atoms with Crippen molar-refractivity contribution in [1.29, 1.82) is 0 Å². The van der Waals surface area contributed by atoms with Crippen LogP contribution < -0.4 is 19.5 Å². The maximum atomic E-state index is 6.25. The molecule has 198 valence electrons. The molecule has 5 heteroatoms. The number of aryl methyl sites for hydroxylation is 1. The number of rotatable bonds is 8. The lowest BCUT2D eigenvalue weighted by Crippen LogP contribution is -2.30. The van der Waals surface area contributed by atoms with Crippen LogP contribution in [0.4, 0.5) is 0 Å². The van der Waals surface area contributed by atoms with E-state index in [0.717, 1.165) is 52.4 Å². The quantitative estimate of drug-likeness (QED) is 0.228. The second-order valence-corrected chi connectivity index (χ2v) is 10.2. The van der Waals surface area contributed by atoms with Gasteiger partial charge in [0.1, 0.15) is 30.5 Å². The molecule has 0 spiro atoms. The summed E-state index contributed by atoms with van der Waals surface area (Å²) >= 11 is 0. The number of aromatic nitrogens is 1. The first-order valence-electron chi connectivity index (χ1n) is 13.5. The summed E-state index contributed by atoms with van der Waals surface area (Å²) in [4.78, 5) is 3.70. The zero-order valence-electron chi connectivity index (χ0n) is 22.7. The molecule has 2 N–H and O–H groups in total. The van der Waals surface area contributed by atoms with Crippen LogP contribution in [-0.2, 0) is 19.6 Å². The molecule has 1 aliphatic heterocycles. The van der Waals surface area contributed by atoms with E-state index in [1.807, 2.05) is 42.5 Å². The van der Waals surface area contributed by atoms with Crippen LogP contribution in [0.3, 0.4) is 0 Å². The highest BCUT2D eigenvalue weighted by molar-refractivity contribution is 5.86. The van der Waals surface area contributed by atoms with Crippen molar-refractivity contribution in [3.05, 3.63) is 124 Å². The van der Waals surface area contributed by atoms with E-state index in [0.29, 0.717) is 13.2 Å². The molecule has 0 radical (unpaired) electrons. The van der Waals surface area contributed by atoms with Gasteiger partial charge in [0.05, 0.1) is 13.2 Å². The lowest BCUT2D eigenvalue weighted by atomic mass is 9.93. The molecule has 5 aromatic rings. The molecule has 2 heterocycles. The second-order valence-electron chi connectivity index (χ2n) is 10.2. The standard InChI is InChI=1S/C34H34N2O3/c1-22-8-7-11-31(23(22)2)39-21-26-18-25(12-15-32(26)37-3)33-34-28(16-17-35-33)29-19-27(13-14-30(29)36-34)38-20-24-9-5-4-6-10-24/h4-15,18-19,33,35-36H,16-17,20-21H2,1-3H3. The molecule has 1 unspecified atom stereocenters. The summed E-state index contributed by atoms with van der Waals surface area (Å²) in [5.74, 6) is 2.62. The minimum absolute atomic E-state index is 0.0557. The summed E-state index contributed by atoms with van der Waals surface area (Å²) in [6, 6.07) is 29.2. The van der Waals surface area contributed by atoms with Gasteiger partial charge in [0.25, 0.3) is 0 Å². The number of hydrogen-bond donors (Lipinski definition) is 2. The van der Waals surface area contributed by atoms with E-state index in [2.05, 4.69) is 66.6 Å². The monoisotopic (exact) mass is 518 g/mol. The molecule has 0 amide bonds. The summed E-state index contributed by atoms with van der Waals surface area (Å²) in [7, 11) is 1.71. The predicted molar refractivity (Wildman–Crippen MR) is 156 cm³/mol. The van der Waals surface area contributed by atoms with Crippen molar-refractivity contribution in [3.63, 3.8) is 0 Å². The van der Waals surface area contributed by atoms with Crippen molar-refractivity contribution >= 4 is 10.9 Å². The fraction of sp³-hybridized carbons (Fsp3) is 0.235. The number of ether oxygens (including phenoxy) is 3. The maximum Gasteiger partial charge on any atom is 0.125 e. The van der Waals surface area contributed by atoms with Gasteiger partial charge < -0.3 is 24.5 Å². The Hall–Kier alpha value is -4.22. The Morgan fingerprint density at radius 2 is 1.69 bits per heavy atom. The first kappa shape index (κ1) is 25.1. The van der Waals surface area contributed by atoms with Crippen molar-refractivity contribution in [2.45, 2.75) is 39.5 Å². The number of H-pyrrole nitrogens is 1. The summed E-state index contributed by atoms with van der Waals surface area (Å²) in [6.45, 7) is 6.10. The normalized spacial score (nSPS) is 14.7. The van der Waals surface area contributed by atoms with Crippen molar-refractivity contribution in [3.8, 4) is 17.2 Å². The number of fused-ring (bicyclic) bond motifs is 3. The molecule has 1 atom stereocenters. The van der Waals surface area contributed by atoms with Gasteiger partial charge in [-0.15, -0.1) is 0 Å². The summed E-state index contributed by atoms with van der Waals surface area (Å²) in [5.41, 5.74) is 9.45. The predicted octanol–water partition coefficient (Wildman–Crippen LogP) is 7.19. The van der Waals surface area contributed by atoms with Gasteiger partial charge in [0.2, 0.25) is 0 Å². The van der Waals surface area contributed by atoms with E-state index in [9.17, 15) is 0 Å². The van der Waals surface area contributed by atoms with Crippen LogP contribution in [0.25, 0.3) is 10.9 Å². The molecule has 0 bridgehead atoms. The fourth-order valence-electron chi connectivity index (χ4n) is 5.45. The Labute approximate surface area is 229 Å². The van der Waals surface area contributed by atoms with Gasteiger partial charge >= 0.3 is 0 Å². The smallest absolute Gasteiger partial charge is 0.125 e. The number of aromatic amines is 1. The summed E-state index contributed by atoms with van der Waals surface area (Å²) in [6.07, 6.45) is 0.965. The minimum atomic E-state index is 0.0557. The molecule has 1 aliphatic rings. The third-order valence-electron chi connectivity index (χ3n) is 7.75. The topological polar surface area (TPSA) is 55.5 Å². The van der Waals surface area contributed by atoms with E-state index in [-0.39, 0.29) is 6.04 Å². The second kappa shape index (κ2) is 10.9. The third kappa shape index (κ3) is 5.10. The Morgan fingerprint density at radius 1 is 0.821 bits per heavy atom. The molecular weight excluding hydrogens is 484 g/mol. The molecule has 0 fully saturated rings. The average Bonchev–Trinajstić information content (AvgIpc) is 3.35. The van der Waals surface area contributed by atoms with Crippen LogP contribution in [0.1, 0.15) is 45.1 Å². The van der Waals surface area contributed by atoms with Gasteiger partial charge in [0, 0.05) is 28.7 Å². The van der Waals surface area contributed by atoms with Gasteiger partial charge in [-0.3, -0.25) is 0 Å². The van der Waals surface area contributed by atoms with Gasteiger partial charge in [-0.25, -0.2) is 0 Å². The highest BCUT2D eigenvalue weighted by Gasteiger charge is 2.26. The van der Waals surface area contributed by atoms with E-state index in [1.54, 1.807) is 7.11 Å². The minimum Gasteiger partial charge on any atom is -0.496 e. The lowest BCUT2D eigenvalue weighted by molar-refractivity contribution is 0.294.